The lowest BCUT2D eigenvalue weighted by molar-refractivity contribution is 0.0442. The summed E-state index contributed by atoms with van der Waals surface area (Å²) in [7, 11) is 1.71. The Kier molecular flexibility index (Phi) is 9.70. The predicted molar refractivity (Wildman–Crippen MR) is 78.0 cm³/mol. The van der Waals surface area contributed by atoms with Gasteiger partial charge in [-0.2, -0.15) is 0 Å². The van der Waals surface area contributed by atoms with Crippen LogP contribution >= 0.6 is 0 Å². The minimum atomic E-state index is 0.308. The molecule has 0 fully saturated rings. The van der Waals surface area contributed by atoms with Crippen molar-refractivity contribution in [3.63, 3.8) is 0 Å². The number of nitrogens with one attached hydrogen (secondary N) is 1. The molecule has 0 aromatic rings. The number of rotatable bonds is 11. The van der Waals surface area contributed by atoms with Crippen molar-refractivity contribution in [2.24, 2.45) is 17.3 Å². The minimum Gasteiger partial charge on any atom is -0.382 e. The molecule has 0 saturated heterocycles. The molecule has 0 aliphatic heterocycles. The summed E-state index contributed by atoms with van der Waals surface area (Å²) >= 11 is 0. The highest BCUT2D eigenvalue weighted by atomic mass is 16.5. The van der Waals surface area contributed by atoms with Crippen molar-refractivity contribution >= 4 is 0 Å². The van der Waals surface area contributed by atoms with Gasteiger partial charge in [0.15, 0.2) is 0 Å². The number of ether oxygens (including phenoxy) is 2. The van der Waals surface area contributed by atoms with Gasteiger partial charge >= 0.3 is 0 Å². The maximum Gasteiger partial charge on any atom is 0.0700 e. The van der Waals surface area contributed by atoms with Crippen LogP contribution in [0.1, 0.15) is 41.0 Å². The van der Waals surface area contributed by atoms with Crippen LogP contribution in [0.2, 0.25) is 0 Å². The molecular formula is C15H33NO2. The highest BCUT2D eigenvalue weighted by Gasteiger charge is 2.27. The van der Waals surface area contributed by atoms with Gasteiger partial charge in [0, 0.05) is 20.3 Å². The zero-order valence-electron chi connectivity index (χ0n) is 13.2. The molecule has 0 amide bonds. The molecule has 0 radical (unpaired) electrons. The Morgan fingerprint density at radius 3 is 2.22 bits per heavy atom. The van der Waals surface area contributed by atoms with E-state index in [4.69, 9.17) is 9.47 Å². The van der Waals surface area contributed by atoms with Gasteiger partial charge in [0.05, 0.1) is 13.2 Å². The first-order valence-electron chi connectivity index (χ1n) is 7.19. The van der Waals surface area contributed by atoms with Gasteiger partial charge in [-0.25, -0.2) is 0 Å². The first-order valence-corrected chi connectivity index (χ1v) is 7.19. The van der Waals surface area contributed by atoms with Crippen molar-refractivity contribution in [1.82, 2.24) is 5.32 Å². The molecule has 0 saturated carbocycles. The van der Waals surface area contributed by atoms with E-state index in [2.05, 4.69) is 39.9 Å². The van der Waals surface area contributed by atoms with E-state index in [9.17, 15) is 0 Å². The van der Waals surface area contributed by atoms with Gasteiger partial charge in [0.1, 0.15) is 0 Å². The molecule has 0 aliphatic rings. The average Bonchev–Trinajstić information content (AvgIpc) is 2.28. The first kappa shape index (κ1) is 17.9. The van der Waals surface area contributed by atoms with E-state index in [0.717, 1.165) is 26.1 Å². The third kappa shape index (κ3) is 8.06. The largest absolute Gasteiger partial charge is 0.382 e. The summed E-state index contributed by atoms with van der Waals surface area (Å²) in [4.78, 5) is 0. The second-order valence-electron chi connectivity index (χ2n) is 6.19. The second kappa shape index (κ2) is 9.76. The van der Waals surface area contributed by atoms with Gasteiger partial charge in [-0.1, -0.05) is 34.6 Å². The highest BCUT2D eigenvalue weighted by Crippen LogP contribution is 2.30. The summed E-state index contributed by atoms with van der Waals surface area (Å²) in [6.45, 7) is 15.8. The molecule has 0 aromatic carbocycles. The fraction of sp³-hybridized carbons (Fsp3) is 1.00. The Morgan fingerprint density at radius 2 is 1.72 bits per heavy atom. The summed E-state index contributed by atoms with van der Waals surface area (Å²) in [6, 6.07) is 0. The average molecular weight is 259 g/mol. The maximum atomic E-state index is 5.59. The van der Waals surface area contributed by atoms with Crippen LogP contribution in [0.15, 0.2) is 0 Å². The monoisotopic (exact) mass is 259 g/mol. The lowest BCUT2D eigenvalue weighted by atomic mass is 9.76. The van der Waals surface area contributed by atoms with Crippen LogP contribution in [0.5, 0.6) is 0 Å². The third-order valence-electron chi connectivity index (χ3n) is 3.72. The summed E-state index contributed by atoms with van der Waals surface area (Å²) < 4.78 is 10.6. The molecule has 18 heavy (non-hydrogen) atoms. The van der Waals surface area contributed by atoms with E-state index in [0.29, 0.717) is 30.5 Å². The van der Waals surface area contributed by atoms with E-state index >= 15 is 0 Å². The normalized spacial score (nSPS) is 15.3. The Morgan fingerprint density at radius 1 is 1.06 bits per heavy atom. The third-order valence-corrected chi connectivity index (χ3v) is 3.72. The van der Waals surface area contributed by atoms with E-state index in [-0.39, 0.29) is 0 Å². The van der Waals surface area contributed by atoms with Crippen LogP contribution in [-0.4, -0.2) is 40.0 Å². The molecule has 3 nitrogen and oxygen atoms in total. The van der Waals surface area contributed by atoms with E-state index in [1.807, 2.05) is 0 Å². The summed E-state index contributed by atoms with van der Waals surface area (Å²) in [5.41, 5.74) is 0.308. The van der Waals surface area contributed by atoms with Crippen LogP contribution in [0.4, 0.5) is 0 Å². The minimum absolute atomic E-state index is 0.308. The predicted octanol–water partition coefficient (Wildman–Crippen LogP) is 2.95. The van der Waals surface area contributed by atoms with E-state index < -0.39 is 0 Å². The van der Waals surface area contributed by atoms with Crippen molar-refractivity contribution in [2.45, 2.75) is 41.0 Å². The molecular weight excluding hydrogens is 226 g/mol. The van der Waals surface area contributed by atoms with E-state index in [1.165, 1.54) is 0 Å². The number of hydrogen-bond donors (Lipinski definition) is 1. The summed E-state index contributed by atoms with van der Waals surface area (Å²) in [5.74, 6) is 1.36. The SMILES string of the molecule is COCCOCCC(C)(CNCC(C)C)C(C)C. The first-order chi connectivity index (χ1) is 8.42. The van der Waals surface area contributed by atoms with Gasteiger partial charge < -0.3 is 14.8 Å². The van der Waals surface area contributed by atoms with Gasteiger partial charge in [-0.3, -0.25) is 0 Å². The topological polar surface area (TPSA) is 30.5 Å². The van der Waals surface area contributed by atoms with E-state index in [1.54, 1.807) is 7.11 Å². The summed E-state index contributed by atoms with van der Waals surface area (Å²) in [5, 5.41) is 3.58. The molecule has 0 aliphatic carbocycles. The number of hydrogen-bond acceptors (Lipinski definition) is 3. The van der Waals surface area contributed by atoms with Crippen LogP contribution in [0.25, 0.3) is 0 Å². The van der Waals surface area contributed by atoms with Crippen LogP contribution in [0, 0.1) is 17.3 Å². The van der Waals surface area contributed by atoms with Crippen molar-refractivity contribution in [3.8, 4) is 0 Å². The Hall–Kier alpha value is -0.120. The molecule has 0 spiro atoms. The second-order valence-corrected chi connectivity index (χ2v) is 6.19. The Bertz CT molecular complexity index is 195. The number of methoxy groups -OCH3 is 1. The van der Waals surface area contributed by atoms with Gasteiger partial charge in [0.25, 0.3) is 0 Å². The van der Waals surface area contributed by atoms with Crippen molar-refractivity contribution in [1.29, 1.82) is 0 Å². The molecule has 0 rings (SSSR count). The Labute approximate surface area is 114 Å². The molecule has 0 heterocycles. The fourth-order valence-corrected chi connectivity index (χ4v) is 1.78. The molecule has 110 valence electrons. The summed E-state index contributed by atoms with van der Waals surface area (Å²) in [6.07, 6.45) is 1.10. The fourth-order valence-electron chi connectivity index (χ4n) is 1.78. The van der Waals surface area contributed by atoms with Crippen molar-refractivity contribution < 1.29 is 9.47 Å². The van der Waals surface area contributed by atoms with Gasteiger partial charge in [-0.15, -0.1) is 0 Å². The molecule has 0 aromatic heterocycles. The molecule has 0 bridgehead atoms. The maximum absolute atomic E-state index is 5.59. The molecule has 1 unspecified atom stereocenters. The van der Waals surface area contributed by atoms with Crippen LogP contribution < -0.4 is 5.32 Å². The zero-order valence-corrected chi connectivity index (χ0v) is 13.2. The zero-order chi connectivity index (χ0) is 14.0. The standard InChI is InChI=1S/C15H33NO2/c1-13(2)11-16-12-15(5,14(3)4)7-8-18-10-9-17-6/h13-14,16H,7-12H2,1-6H3. The molecule has 3 heteroatoms. The lowest BCUT2D eigenvalue weighted by Crippen LogP contribution is -2.38. The molecule has 1 atom stereocenters. The van der Waals surface area contributed by atoms with Crippen molar-refractivity contribution in [2.75, 3.05) is 40.0 Å². The molecule has 1 N–H and O–H groups in total. The highest BCUT2D eigenvalue weighted by molar-refractivity contribution is 4.80. The van der Waals surface area contributed by atoms with Crippen LogP contribution in [-0.2, 0) is 9.47 Å². The Balaban J connectivity index is 3.94. The van der Waals surface area contributed by atoms with Gasteiger partial charge in [-0.05, 0) is 30.2 Å². The van der Waals surface area contributed by atoms with Crippen molar-refractivity contribution in [3.05, 3.63) is 0 Å². The lowest BCUT2D eigenvalue weighted by Gasteiger charge is -2.34. The van der Waals surface area contributed by atoms with Gasteiger partial charge in [0.2, 0.25) is 0 Å². The smallest absolute Gasteiger partial charge is 0.0700 e. The quantitative estimate of drug-likeness (QED) is 0.579. The van der Waals surface area contributed by atoms with Crippen LogP contribution in [0.3, 0.4) is 0 Å².